The molecular formula is C10H16N4O2. The minimum Gasteiger partial charge on any atom is -0.381 e. The molecule has 88 valence electrons. The van der Waals surface area contributed by atoms with Gasteiger partial charge in [0, 0.05) is 11.8 Å². The fourth-order valence-electron chi connectivity index (χ4n) is 1.09. The van der Waals surface area contributed by atoms with Gasteiger partial charge in [-0.15, -0.1) is 0 Å². The van der Waals surface area contributed by atoms with Crippen LogP contribution in [0, 0.1) is 0 Å². The standard InChI is InChI=1S/C10H16N4O2/c1-6(2)7-3-9(14-5-13-7)12-4-8(15)10(11)16/h3,5-6,8,15H,4H2,1-2H3,(H2,11,16)(H,12,13,14). The number of rotatable bonds is 5. The number of carbonyl (C=O) groups excluding carboxylic acids is 1. The lowest BCUT2D eigenvalue weighted by Gasteiger charge is -2.10. The van der Waals surface area contributed by atoms with Gasteiger partial charge in [0.2, 0.25) is 5.91 Å². The maximum absolute atomic E-state index is 10.6. The van der Waals surface area contributed by atoms with Crippen molar-refractivity contribution >= 4 is 11.7 Å². The van der Waals surface area contributed by atoms with E-state index in [0.717, 1.165) is 5.69 Å². The first kappa shape index (κ1) is 12.4. The third kappa shape index (κ3) is 3.47. The summed E-state index contributed by atoms with van der Waals surface area (Å²) in [4.78, 5) is 18.7. The Morgan fingerprint density at radius 3 is 2.81 bits per heavy atom. The highest BCUT2D eigenvalue weighted by atomic mass is 16.3. The molecule has 0 aliphatic carbocycles. The van der Waals surface area contributed by atoms with Crippen LogP contribution in [0.4, 0.5) is 5.82 Å². The molecule has 0 bridgehead atoms. The lowest BCUT2D eigenvalue weighted by Crippen LogP contribution is -2.34. The van der Waals surface area contributed by atoms with E-state index in [1.807, 2.05) is 13.8 Å². The summed E-state index contributed by atoms with van der Waals surface area (Å²) in [5.41, 5.74) is 5.81. The predicted octanol–water partition coefficient (Wildman–Crippen LogP) is -0.142. The van der Waals surface area contributed by atoms with Crippen LogP contribution in [0.25, 0.3) is 0 Å². The molecule has 6 nitrogen and oxygen atoms in total. The second-order valence-electron chi connectivity index (χ2n) is 3.78. The molecule has 4 N–H and O–H groups in total. The molecular weight excluding hydrogens is 208 g/mol. The number of nitrogens with one attached hydrogen (secondary N) is 1. The van der Waals surface area contributed by atoms with Crippen molar-refractivity contribution in [3.05, 3.63) is 18.1 Å². The summed E-state index contributed by atoms with van der Waals surface area (Å²) >= 11 is 0. The average Bonchev–Trinajstić information content (AvgIpc) is 2.26. The molecule has 1 rings (SSSR count). The van der Waals surface area contributed by atoms with Gasteiger partial charge in [0.25, 0.3) is 0 Å². The van der Waals surface area contributed by atoms with Gasteiger partial charge in [0.1, 0.15) is 18.2 Å². The van der Waals surface area contributed by atoms with Crippen molar-refractivity contribution in [3.8, 4) is 0 Å². The number of anilines is 1. The number of nitrogens with two attached hydrogens (primary N) is 1. The molecule has 1 amide bonds. The number of aliphatic hydroxyl groups excluding tert-OH is 1. The van der Waals surface area contributed by atoms with Crippen LogP contribution in [0.3, 0.4) is 0 Å². The summed E-state index contributed by atoms with van der Waals surface area (Å²) in [5, 5.41) is 12.0. The van der Waals surface area contributed by atoms with E-state index >= 15 is 0 Å². The quantitative estimate of drug-likeness (QED) is 0.646. The Balaban J connectivity index is 2.60. The van der Waals surface area contributed by atoms with Gasteiger partial charge in [-0.05, 0) is 5.92 Å². The number of hydrogen-bond acceptors (Lipinski definition) is 5. The minimum absolute atomic E-state index is 0.0455. The summed E-state index contributed by atoms with van der Waals surface area (Å²) in [7, 11) is 0. The molecule has 0 aliphatic rings. The van der Waals surface area contributed by atoms with Gasteiger partial charge < -0.3 is 16.2 Å². The summed E-state index contributed by atoms with van der Waals surface area (Å²) in [6.45, 7) is 4.08. The summed E-state index contributed by atoms with van der Waals surface area (Å²) in [5.74, 6) is 0.106. The van der Waals surface area contributed by atoms with E-state index in [1.54, 1.807) is 6.07 Å². The Hall–Kier alpha value is -1.69. The zero-order valence-electron chi connectivity index (χ0n) is 9.34. The van der Waals surface area contributed by atoms with Crippen LogP contribution in [-0.4, -0.2) is 33.6 Å². The number of primary amides is 1. The highest BCUT2D eigenvalue weighted by Crippen LogP contribution is 2.13. The van der Waals surface area contributed by atoms with Crippen LogP contribution in [0.15, 0.2) is 12.4 Å². The fourth-order valence-corrected chi connectivity index (χ4v) is 1.09. The normalized spacial score (nSPS) is 12.5. The maximum Gasteiger partial charge on any atom is 0.248 e. The zero-order chi connectivity index (χ0) is 12.1. The molecule has 0 spiro atoms. The molecule has 6 heteroatoms. The Kier molecular flexibility index (Phi) is 4.19. The number of nitrogens with zero attached hydrogens (tertiary/aromatic N) is 2. The van der Waals surface area contributed by atoms with Gasteiger partial charge in [-0.2, -0.15) is 0 Å². The summed E-state index contributed by atoms with van der Waals surface area (Å²) < 4.78 is 0. The van der Waals surface area contributed by atoms with Crippen LogP contribution in [0.2, 0.25) is 0 Å². The van der Waals surface area contributed by atoms with Gasteiger partial charge in [-0.25, -0.2) is 9.97 Å². The Morgan fingerprint density at radius 2 is 2.25 bits per heavy atom. The van der Waals surface area contributed by atoms with E-state index in [9.17, 15) is 9.90 Å². The molecule has 1 atom stereocenters. The fraction of sp³-hybridized carbons (Fsp3) is 0.500. The van der Waals surface area contributed by atoms with Gasteiger partial charge in [-0.3, -0.25) is 4.79 Å². The Bertz CT molecular complexity index is 368. The van der Waals surface area contributed by atoms with Crippen LogP contribution in [-0.2, 0) is 4.79 Å². The van der Waals surface area contributed by atoms with E-state index < -0.39 is 12.0 Å². The summed E-state index contributed by atoms with van der Waals surface area (Å²) in [6, 6.07) is 1.78. The van der Waals surface area contributed by atoms with Crippen molar-refractivity contribution in [2.75, 3.05) is 11.9 Å². The highest BCUT2D eigenvalue weighted by Gasteiger charge is 2.10. The van der Waals surface area contributed by atoms with Crippen molar-refractivity contribution in [3.63, 3.8) is 0 Å². The van der Waals surface area contributed by atoms with E-state index in [-0.39, 0.29) is 6.54 Å². The summed E-state index contributed by atoms with van der Waals surface area (Å²) in [6.07, 6.45) is 0.228. The van der Waals surface area contributed by atoms with Crippen LogP contribution in [0.1, 0.15) is 25.5 Å². The number of amides is 1. The number of hydrogen-bond donors (Lipinski definition) is 3. The second kappa shape index (κ2) is 5.41. The van der Waals surface area contributed by atoms with E-state index in [2.05, 4.69) is 15.3 Å². The maximum atomic E-state index is 10.6. The van der Waals surface area contributed by atoms with Crippen LogP contribution in [0.5, 0.6) is 0 Å². The molecule has 1 heterocycles. The molecule has 16 heavy (non-hydrogen) atoms. The van der Waals surface area contributed by atoms with E-state index in [0.29, 0.717) is 11.7 Å². The molecule has 1 aromatic rings. The molecule has 0 saturated carbocycles. The molecule has 1 unspecified atom stereocenters. The largest absolute Gasteiger partial charge is 0.381 e. The first-order valence-electron chi connectivity index (χ1n) is 5.04. The monoisotopic (exact) mass is 224 g/mol. The molecule has 0 aliphatic heterocycles. The molecule has 0 fully saturated rings. The van der Waals surface area contributed by atoms with Crippen LogP contribution >= 0.6 is 0 Å². The van der Waals surface area contributed by atoms with Crippen molar-refractivity contribution in [1.82, 2.24) is 9.97 Å². The lowest BCUT2D eigenvalue weighted by atomic mass is 10.1. The van der Waals surface area contributed by atoms with Crippen molar-refractivity contribution in [2.24, 2.45) is 5.73 Å². The van der Waals surface area contributed by atoms with Gasteiger partial charge in [0.05, 0.1) is 6.54 Å². The SMILES string of the molecule is CC(C)c1cc(NCC(O)C(N)=O)ncn1. The van der Waals surface area contributed by atoms with E-state index in [4.69, 9.17) is 5.73 Å². The van der Waals surface area contributed by atoms with Crippen molar-refractivity contribution in [1.29, 1.82) is 0 Å². The van der Waals surface area contributed by atoms with Gasteiger partial charge in [-0.1, -0.05) is 13.8 Å². The van der Waals surface area contributed by atoms with Crippen LogP contribution < -0.4 is 11.1 Å². The highest BCUT2D eigenvalue weighted by molar-refractivity contribution is 5.79. The van der Waals surface area contributed by atoms with Crippen molar-refractivity contribution in [2.45, 2.75) is 25.9 Å². The molecule has 1 aromatic heterocycles. The average molecular weight is 224 g/mol. The predicted molar refractivity (Wildman–Crippen MR) is 59.8 cm³/mol. The Labute approximate surface area is 93.9 Å². The first-order valence-corrected chi connectivity index (χ1v) is 5.04. The minimum atomic E-state index is -1.21. The van der Waals surface area contributed by atoms with E-state index in [1.165, 1.54) is 6.33 Å². The topological polar surface area (TPSA) is 101 Å². The van der Waals surface area contributed by atoms with Gasteiger partial charge >= 0.3 is 0 Å². The molecule has 0 saturated heterocycles. The second-order valence-corrected chi connectivity index (χ2v) is 3.78. The number of aromatic nitrogens is 2. The first-order chi connectivity index (χ1) is 7.50. The molecule has 0 aromatic carbocycles. The number of carbonyl (C=O) groups is 1. The van der Waals surface area contributed by atoms with Crippen molar-refractivity contribution < 1.29 is 9.90 Å². The molecule has 0 radical (unpaired) electrons. The number of aliphatic hydroxyl groups is 1. The zero-order valence-corrected chi connectivity index (χ0v) is 9.34. The third-order valence-electron chi connectivity index (χ3n) is 2.08. The third-order valence-corrected chi connectivity index (χ3v) is 2.08. The Morgan fingerprint density at radius 1 is 1.56 bits per heavy atom. The smallest absolute Gasteiger partial charge is 0.248 e. The van der Waals surface area contributed by atoms with Gasteiger partial charge in [0.15, 0.2) is 0 Å². The lowest BCUT2D eigenvalue weighted by molar-refractivity contribution is -0.125.